The summed E-state index contributed by atoms with van der Waals surface area (Å²) in [7, 11) is 0. The first-order valence-electron chi connectivity index (χ1n) is 6.77. The summed E-state index contributed by atoms with van der Waals surface area (Å²) in [6.07, 6.45) is 0.321. The molecule has 0 radical (unpaired) electrons. The second-order valence-corrected chi connectivity index (χ2v) is 5.91. The van der Waals surface area contributed by atoms with E-state index in [1.54, 1.807) is 42.5 Å². The minimum absolute atomic E-state index is 0.321. The van der Waals surface area contributed by atoms with Crippen LogP contribution in [0, 0.1) is 14.9 Å². The van der Waals surface area contributed by atoms with Crippen LogP contribution in [0.25, 0.3) is 0 Å². The third-order valence-corrected chi connectivity index (χ3v) is 3.59. The maximum absolute atomic E-state index is 11.8. The van der Waals surface area contributed by atoms with Crippen LogP contribution in [-0.2, 0) is 16.0 Å². The lowest BCUT2D eigenvalue weighted by molar-refractivity contribution is -0.119. The second kappa shape index (κ2) is 8.29. The van der Waals surface area contributed by atoms with E-state index in [1.807, 2.05) is 6.07 Å². The second-order valence-electron chi connectivity index (χ2n) is 4.67. The molecule has 0 saturated carbocycles. The van der Waals surface area contributed by atoms with E-state index >= 15 is 0 Å². The molecule has 1 amide bonds. The van der Waals surface area contributed by atoms with Gasteiger partial charge in [-0.05, 0) is 58.5 Å². The molecule has 5 nitrogen and oxygen atoms in total. The molecular weight excluding hydrogens is 407 g/mol. The predicted octanol–water partition coefficient (Wildman–Crippen LogP) is 3.15. The van der Waals surface area contributed by atoms with Crippen molar-refractivity contribution in [3.63, 3.8) is 0 Å². The summed E-state index contributed by atoms with van der Waals surface area (Å²) < 4.78 is 5.90. The summed E-state index contributed by atoms with van der Waals surface area (Å²) in [5, 5.41) is 11.2. The maximum atomic E-state index is 11.8. The molecule has 6 heteroatoms. The number of rotatable bonds is 5. The molecule has 0 aromatic heterocycles. The molecule has 0 heterocycles. The summed E-state index contributed by atoms with van der Waals surface area (Å²) in [5.74, 6) is -0.958. The minimum atomic E-state index is -0.539. The summed E-state index contributed by atoms with van der Waals surface area (Å²) in [4.78, 5) is 23.6. The first-order valence-corrected chi connectivity index (χ1v) is 7.85. The summed E-state index contributed by atoms with van der Waals surface area (Å²) in [6, 6.07) is 15.9. The van der Waals surface area contributed by atoms with Crippen LogP contribution in [0.3, 0.4) is 0 Å². The first-order chi connectivity index (χ1) is 11.1. The van der Waals surface area contributed by atoms with Crippen LogP contribution >= 0.6 is 22.6 Å². The molecule has 0 aliphatic heterocycles. The highest BCUT2D eigenvalue weighted by molar-refractivity contribution is 14.1. The van der Waals surface area contributed by atoms with E-state index in [9.17, 15) is 9.59 Å². The van der Waals surface area contributed by atoms with E-state index in [0.29, 0.717) is 17.7 Å². The number of carbonyl (C=O) groups excluding carboxylic acids is 2. The zero-order valence-electron chi connectivity index (χ0n) is 12.1. The van der Waals surface area contributed by atoms with Crippen molar-refractivity contribution >= 4 is 40.2 Å². The zero-order chi connectivity index (χ0) is 16.7. The van der Waals surface area contributed by atoms with E-state index in [-0.39, 0.29) is 6.61 Å². The van der Waals surface area contributed by atoms with Gasteiger partial charge in [0.1, 0.15) is 0 Å². The Balaban J connectivity index is 1.85. The summed E-state index contributed by atoms with van der Waals surface area (Å²) >= 11 is 2.10. The molecule has 1 N–H and O–H groups in total. The van der Waals surface area contributed by atoms with Gasteiger partial charge in [-0.25, -0.2) is 4.79 Å². The van der Waals surface area contributed by atoms with Crippen LogP contribution in [-0.4, -0.2) is 18.5 Å². The quantitative estimate of drug-likeness (QED) is 0.596. The van der Waals surface area contributed by atoms with Crippen LogP contribution < -0.4 is 5.32 Å². The molecule has 116 valence electrons. The number of amides is 1. The molecule has 23 heavy (non-hydrogen) atoms. The Hall–Kier alpha value is -2.40. The number of benzene rings is 2. The smallest absolute Gasteiger partial charge is 0.338 e. The molecule has 0 unspecified atom stereocenters. The number of ether oxygens (including phenoxy) is 1. The van der Waals surface area contributed by atoms with Crippen LogP contribution in [0.2, 0.25) is 0 Å². The molecular formula is C17H13IN2O3. The number of hydrogen-bond acceptors (Lipinski definition) is 4. The highest BCUT2D eigenvalue weighted by Crippen LogP contribution is 2.11. The van der Waals surface area contributed by atoms with Gasteiger partial charge in [0.25, 0.3) is 5.91 Å². The van der Waals surface area contributed by atoms with Gasteiger partial charge in [0.15, 0.2) is 6.61 Å². The van der Waals surface area contributed by atoms with E-state index < -0.39 is 11.9 Å². The van der Waals surface area contributed by atoms with Crippen molar-refractivity contribution in [2.75, 3.05) is 11.9 Å². The Bertz CT molecular complexity index is 751. The zero-order valence-corrected chi connectivity index (χ0v) is 14.2. The number of hydrogen-bond donors (Lipinski definition) is 1. The van der Waals surface area contributed by atoms with Gasteiger partial charge in [-0.1, -0.05) is 18.2 Å². The van der Waals surface area contributed by atoms with E-state index in [4.69, 9.17) is 10.00 Å². The Kier molecular flexibility index (Phi) is 6.11. The lowest BCUT2D eigenvalue weighted by Gasteiger charge is -2.07. The van der Waals surface area contributed by atoms with Gasteiger partial charge in [-0.3, -0.25) is 4.79 Å². The van der Waals surface area contributed by atoms with Crippen molar-refractivity contribution in [2.45, 2.75) is 6.42 Å². The average Bonchev–Trinajstić information content (AvgIpc) is 2.55. The Morgan fingerprint density at radius 2 is 1.91 bits per heavy atom. The Morgan fingerprint density at radius 3 is 2.57 bits per heavy atom. The third kappa shape index (κ3) is 5.38. The molecule has 2 aromatic rings. The molecule has 2 aromatic carbocycles. The number of esters is 1. The highest BCUT2D eigenvalue weighted by atomic mass is 127. The van der Waals surface area contributed by atoms with Gasteiger partial charge >= 0.3 is 5.97 Å². The van der Waals surface area contributed by atoms with Gasteiger partial charge < -0.3 is 10.1 Å². The SMILES string of the molecule is N#CCc1ccc(NC(=O)COC(=O)c2cccc(I)c2)cc1. The number of nitriles is 1. The van der Waals surface area contributed by atoms with Crippen molar-refractivity contribution < 1.29 is 14.3 Å². The standard InChI is InChI=1S/C17H13IN2O3/c18-14-3-1-2-13(10-14)17(22)23-11-16(21)20-15-6-4-12(5-7-15)8-9-19/h1-7,10H,8,11H2,(H,20,21). The lowest BCUT2D eigenvalue weighted by atomic mass is 10.1. The molecule has 0 atom stereocenters. The van der Waals surface area contributed by atoms with Gasteiger partial charge in [0.2, 0.25) is 0 Å². The van der Waals surface area contributed by atoms with Crippen LogP contribution in [0.5, 0.6) is 0 Å². The van der Waals surface area contributed by atoms with E-state index in [2.05, 4.69) is 34.0 Å². The number of halogens is 1. The summed E-state index contributed by atoms with van der Waals surface area (Å²) in [6.45, 7) is -0.357. The van der Waals surface area contributed by atoms with Gasteiger partial charge in [0.05, 0.1) is 18.1 Å². The van der Waals surface area contributed by atoms with E-state index in [0.717, 1.165) is 9.13 Å². The Labute approximate surface area is 147 Å². The molecule has 0 aliphatic carbocycles. The van der Waals surface area contributed by atoms with Gasteiger partial charge in [0, 0.05) is 9.26 Å². The van der Waals surface area contributed by atoms with Crippen LogP contribution in [0.15, 0.2) is 48.5 Å². The fraction of sp³-hybridized carbons (Fsp3) is 0.118. The van der Waals surface area contributed by atoms with Crippen molar-refractivity contribution in [1.29, 1.82) is 5.26 Å². The van der Waals surface area contributed by atoms with Gasteiger partial charge in [-0.15, -0.1) is 0 Å². The molecule has 0 fully saturated rings. The highest BCUT2D eigenvalue weighted by Gasteiger charge is 2.10. The van der Waals surface area contributed by atoms with Crippen molar-refractivity contribution in [3.05, 3.63) is 63.2 Å². The van der Waals surface area contributed by atoms with Crippen LogP contribution in [0.1, 0.15) is 15.9 Å². The minimum Gasteiger partial charge on any atom is -0.452 e. The predicted molar refractivity (Wildman–Crippen MR) is 93.8 cm³/mol. The van der Waals surface area contributed by atoms with Crippen molar-refractivity contribution in [3.8, 4) is 6.07 Å². The molecule has 0 aliphatic rings. The molecule has 2 rings (SSSR count). The lowest BCUT2D eigenvalue weighted by Crippen LogP contribution is -2.20. The van der Waals surface area contributed by atoms with Crippen molar-refractivity contribution in [1.82, 2.24) is 0 Å². The third-order valence-electron chi connectivity index (χ3n) is 2.92. The fourth-order valence-corrected chi connectivity index (χ4v) is 2.37. The molecule has 0 spiro atoms. The average molecular weight is 420 g/mol. The van der Waals surface area contributed by atoms with Crippen molar-refractivity contribution in [2.24, 2.45) is 0 Å². The summed E-state index contributed by atoms with van der Waals surface area (Å²) in [5.41, 5.74) is 1.86. The maximum Gasteiger partial charge on any atom is 0.338 e. The monoisotopic (exact) mass is 420 g/mol. The molecule has 0 saturated heterocycles. The van der Waals surface area contributed by atoms with Crippen LogP contribution in [0.4, 0.5) is 5.69 Å². The number of nitrogens with one attached hydrogen (secondary N) is 1. The normalized spacial score (nSPS) is 9.74. The number of carbonyl (C=O) groups is 2. The first kappa shape index (κ1) is 17.0. The Morgan fingerprint density at radius 1 is 1.17 bits per heavy atom. The van der Waals surface area contributed by atoms with Gasteiger partial charge in [-0.2, -0.15) is 5.26 Å². The van der Waals surface area contributed by atoms with E-state index in [1.165, 1.54) is 0 Å². The number of anilines is 1. The number of nitrogens with zero attached hydrogens (tertiary/aromatic N) is 1. The fourth-order valence-electron chi connectivity index (χ4n) is 1.82. The molecule has 0 bridgehead atoms. The largest absolute Gasteiger partial charge is 0.452 e. The topological polar surface area (TPSA) is 79.2 Å².